The Morgan fingerprint density at radius 1 is 1.06 bits per heavy atom. The van der Waals surface area contributed by atoms with Gasteiger partial charge in [-0.2, -0.15) is 4.98 Å². The Morgan fingerprint density at radius 2 is 1.91 bits per heavy atom. The average Bonchev–Trinajstić information content (AvgIpc) is 3.48. The summed E-state index contributed by atoms with van der Waals surface area (Å²) in [6.07, 6.45) is 3.72. The molecule has 0 radical (unpaired) electrons. The third-order valence-corrected chi connectivity index (χ3v) is 6.63. The number of nitrogens with one attached hydrogen (secondary N) is 2. The smallest absolute Gasteiger partial charge is 0.247 e. The summed E-state index contributed by atoms with van der Waals surface area (Å²) in [7, 11) is -1.72. The molecular formula is C23H23N5O3S. The molecule has 2 N–H and O–H groups in total. The highest BCUT2D eigenvalue weighted by molar-refractivity contribution is 7.88. The first-order chi connectivity index (χ1) is 15.5. The number of para-hydroxylation sites is 2. The summed E-state index contributed by atoms with van der Waals surface area (Å²) in [6, 6.07) is 19.1. The maximum atomic E-state index is 12.3. The number of fused-ring (bicyclic) bond motifs is 1. The van der Waals surface area contributed by atoms with Gasteiger partial charge >= 0.3 is 0 Å². The molecule has 0 unspecified atom stereocenters. The number of hydrogen-bond donors (Lipinski definition) is 2. The molecule has 9 heteroatoms. The van der Waals surface area contributed by atoms with E-state index in [1.807, 2.05) is 66.9 Å². The molecule has 8 nitrogen and oxygen atoms in total. The van der Waals surface area contributed by atoms with Gasteiger partial charge in [0.2, 0.25) is 16.0 Å². The second kappa shape index (κ2) is 8.25. The van der Waals surface area contributed by atoms with Crippen molar-refractivity contribution in [2.45, 2.75) is 24.6 Å². The van der Waals surface area contributed by atoms with Crippen molar-refractivity contribution in [2.75, 3.05) is 12.4 Å². The van der Waals surface area contributed by atoms with Crippen molar-refractivity contribution in [3.05, 3.63) is 72.4 Å². The lowest BCUT2D eigenvalue weighted by molar-refractivity contribution is 0.417. The van der Waals surface area contributed by atoms with Gasteiger partial charge in [-0.05, 0) is 48.2 Å². The molecule has 32 heavy (non-hydrogen) atoms. The Balaban J connectivity index is 1.39. The normalized spacial score (nSPS) is 13.9. The molecule has 1 aliphatic rings. The fourth-order valence-electron chi connectivity index (χ4n) is 3.53. The van der Waals surface area contributed by atoms with Crippen LogP contribution in [0.3, 0.4) is 0 Å². The lowest BCUT2D eigenvalue weighted by Crippen LogP contribution is -2.27. The van der Waals surface area contributed by atoms with Gasteiger partial charge in [0.15, 0.2) is 5.65 Å². The first kappa shape index (κ1) is 20.5. The van der Waals surface area contributed by atoms with E-state index in [1.54, 1.807) is 11.6 Å². The summed E-state index contributed by atoms with van der Waals surface area (Å²) in [4.78, 5) is 4.52. The van der Waals surface area contributed by atoms with Crippen molar-refractivity contribution >= 4 is 27.3 Å². The van der Waals surface area contributed by atoms with Crippen LogP contribution in [0, 0.1) is 0 Å². The maximum Gasteiger partial charge on any atom is 0.247 e. The van der Waals surface area contributed by atoms with E-state index in [9.17, 15) is 8.42 Å². The molecule has 4 aromatic rings. The van der Waals surface area contributed by atoms with E-state index in [4.69, 9.17) is 4.74 Å². The quantitative estimate of drug-likeness (QED) is 0.425. The predicted molar refractivity (Wildman–Crippen MR) is 123 cm³/mol. The second-order valence-corrected chi connectivity index (χ2v) is 9.59. The maximum absolute atomic E-state index is 12.3. The molecule has 0 aliphatic heterocycles. The molecule has 1 aliphatic carbocycles. The van der Waals surface area contributed by atoms with Crippen LogP contribution >= 0.6 is 0 Å². The summed E-state index contributed by atoms with van der Waals surface area (Å²) in [5, 5.41) is 7.71. The Kier molecular flexibility index (Phi) is 5.28. The van der Waals surface area contributed by atoms with E-state index in [2.05, 4.69) is 20.1 Å². The average molecular weight is 450 g/mol. The number of rotatable bonds is 8. The summed E-state index contributed by atoms with van der Waals surface area (Å²) in [5.74, 6) is 1.13. The lowest BCUT2D eigenvalue weighted by Gasteiger charge is -2.08. The Hall–Kier alpha value is -3.43. The van der Waals surface area contributed by atoms with E-state index in [0.717, 1.165) is 35.2 Å². The van der Waals surface area contributed by atoms with Gasteiger partial charge in [-0.1, -0.05) is 36.4 Å². The molecule has 0 amide bonds. The van der Waals surface area contributed by atoms with Crippen molar-refractivity contribution in [1.29, 1.82) is 0 Å². The van der Waals surface area contributed by atoms with Crippen LogP contribution in [0.4, 0.5) is 11.6 Å². The van der Waals surface area contributed by atoms with Crippen LogP contribution in [-0.2, 0) is 15.8 Å². The Labute approximate surface area is 186 Å². The number of anilines is 2. The van der Waals surface area contributed by atoms with E-state index in [-0.39, 0.29) is 11.8 Å². The van der Waals surface area contributed by atoms with E-state index in [0.29, 0.717) is 17.3 Å². The van der Waals surface area contributed by atoms with Gasteiger partial charge < -0.3 is 10.1 Å². The van der Waals surface area contributed by atoms with Crippen LogP contribution in [-0.4, -0.2) is 36.2 Å². The van der Waals surface area contributed by atoms with Crippen LogP contribution in [0.25, 0.3) is 16.8 Å². The number of aromatic nitrogens is 3. The molecular weight excluding hydrogens is 426 g/mol. The summed E-state index contributed by atoms with van der Waals surface area (Å²) >= 11 is 0. The molecule has 0 bridgehead atoms. The highest BCUT2D eigenvalue weighted by Crippen LogP contribution is 2.27. The minimum absolute atomic E-state index is 0.0319. The first-order valence-corrected chi connectivity index (χ1v) is 12.0. The van der Waals surface area contributed by atoms with E-state index in [1.165, 1.54) is 0 Å². The number of ether oxygens (including phenoxy) is 1. The first-order valence-electron chi connectivity index (χ1n) is 10.3. The zero-order valence-electron chi connectivity index (χ0n) is 17.5. The molecule has 164 valence electrons. The van der Waals surface area contributed by atoms with Gasteiger partial charge in [-0.25, -0.2) is 17.7 Å². The van der Waals surface area contributed by atoms with Crippen LogP contribution in [0.1, 0.15) is 18.4 Å². The minimum Gasteiger partial charge on any atom is -0.495 e. The van der Waals surface area contributed by atoms with Crippen LogP contribution in [0.5, 0.6) is 5.75 Å². The molecule has 2 heterocycles. The number of sulfonamides is 1. The number of pyridine rings is 1. The molecule has 0 spiro atoms. The molecule has 2 aromatic carbocycles. The van der Waals surface area contributed by atoms with Gasteiger partial charge in [0.05, 0.1) is 18.6 Å². The zero-order chi connectivity index (χ0) is 22.1. The fourth-order valence-corrected chi connectivity index (χ4v) is 4.98. The van der Waals surface area contributed by atoms with Crippen molar-refractivity contribution in [1.82, 2.24) is 19.3 Å². The van der Waals surface area contributed by atoms with Crippen molar-refractivity contribution in [3.8, 4) is 16.9 Å². The lowest BCUT2D eigenvalue weighted by atomic mass is 10.1. The van der Waals surface area contributed by atoms with Gasteiger partial charge in [-0.15, -0.1) is 5.10 Å². The molecule has 1 fully saturated rings. The molecule has 0 atom stereocenters. The molecule has 2 aromatic heterocycles. The third-order valence-electron chi connectivity index (χ3n) is 5.22. The predicted octanol–water partition coefficient (Wildman–Crippen LogP) is 3.73. The summed E-state index contributed by atoms with van der Waals surface area (Å²) in [5.41, 5.74) is 4.05. The third kappa shape index (κ3) is 4.58. The van der Waals surface area contributed by atoms with Crippen LogP contribution in [0.2, 0.25) is 0 Å². The molecule has 1 saturated carbocycles. The van der Waals surface area contributed by atoms with Crippen molar-refractivity contribution in [2.24, 2.45) is 0 Å². The molecule has 0 saturated heterocycles. The Bertz CT molecular complexity index is 1380. The highest BCUT2D eigenvalue weighted by atomic mass is 32.2. The summed E-state index contributed by atoms with van der Waals surface area (Å²) < 4.78 is 34.4. The number of nitrogens with zero attached hydrogens (tertiary/aromatic N) is 3. The standard InChI is InChI=1S/C23H23N5O3S/c1-31-21-8-3-2-7-20(21)24-23-25-22-12-9-18(14-28(22)26-23)17-6-4-5-16(13-17)15-32(29,30)27-19-10-11-19/h2-9,12-14,19,27H,10-11,15H2,1H3,(H,24,26). The van der Waals surface area contributed by atoms with E-state index < -0.39 is 10.0 Å². The highest BCUT2D eigenvalue weighted by Gasteiger charge is 2.27. The van der Waals surface area contributed by atoms with Crippen LogP contribution < -0.4 is 14.8 Å². The monoisotopic (exact) mass is 449 g/mol. The van der Waals surface area contributed by atoms with Gasteiger partial charge in [0.25, 0.3) is 0 Å². The largest absolute Gasteiger partial charge is 0.495 e. The van der Waals surface area contributed by atoms with Gasteiger partial charge in [0, 0.05) is 17.8 Å². The van der Waals surface area contributed by atoms with Crippen molar-refractivity contribution in [3.63, 3.8) is 0 Å². The number of methoxy groups -OCH3 is 1. The van der Waals surface area contributed by atoms with Gasteiger partial charge in [0.1, 0.15) is 5.75 Å². The topological polar surface area (TPSA) is 97.6 Å². The number of benzene rings is 2. The molecule has 5 rings (SSSR count). The minimum atomic E-state index is -3.33. The van der Waals surface area contributed by atoms with Gasteiger partial charge in [-0.3, -0.25) is 0 Å². The fraction of sp³-hybridized carbons (Fsp3) is 0.217. The SMILES string of the molecule is COc1ccccc1Nc1nc2ccc(-c3cccc(CS(=O)(=O)NC4CC4)c3)cn2n1. The Morgan fingerprint density at radius 3 is 2.72 bits per heavy atom. The number of hydrogen-bond acceptors (Lipinski definition) is 6. The summed E-state index contributed by atoms with van der Waals surface area (Å²) in [6.45, 7) is 0. The zero-order valence-corrected chi connectivity index (χ0v) is 18.3. The second-order valence-electron chi connectivity index (χ2n) is 7.83. The van der Waals surface area contributed by atoms with Crippen molar-refractivity contribution < 1.29 is 13.2 Å². The van der Waals surface area contributed by atoms with E-state index >= 15 is 0 Å². The van der Waals surface area contributed by atoms with Crippen LogP contribution in [0.15, 0.2) is 66.9 Å².